The summed E-state index contributed by atoms with van der Waals surface area (Å²) in [5.74, 6) is 0.445. The highest BCUT2D eigenvalue weighted by Gasteiger charge is 2.41. The van der Waals surface area contributed by atoms with Gasteiger partial charge in [0.25, 0.3) is 0 Å². The highest BCUT2D eigenvalue weighted by Crippen LogP contribution is 2.37. The quantitative estimate of drug-likeness (QED) is 0.795. The van der Waals surface area contributed by atoms with Gasteiger partial charge >= 0.3 is 6.09 Å². The van der Waals surface area contributed by atoms with Gasteiger partial charge in [0.15, 0.2) is 0 Å². The summed E-state index contributed by atoms with van der Waals surface area (Å²) in [6.45, 7) is 7.28. The molecular formula is C15H28N2O2. The van der Waals surface area contributed by atoms with E-state index in [1.54, 1.807) is 0 Å². The van der Waals surface area contributed by atoms with Crippen LogP contribution in [0, 0.1) is 5.92 Å². The molecule has 2 aliphatic rings. The number of nitrogens with zero attached hydrogens (tertiary/aromatic N) is 1. The van der Waals surface area contributed by atoms with Crippen molar-refractivity contribution in [2.75, 3.05) is 13.1 Å². The lowest BCUT2D eigenvalue weighted by molar-refractivity contribution is 0.0278. The van der Waals surface area contributed by atoms with Crippen molar-refractivity contribution in [2.24, 2.45) is 11.7 Å². The first-order chi connectivity index (χ1) is 8.80. The number of hydrogen-bond donors (Lipinski definition) is 1. The van der Waals surface area contributed by atoms with Crippen LogP contribution in [0.25, 0.3) is 0 Å². The van der Waals surface area contributed by atoms with Gasteiger partial charge in [0.05, 0.1) is 0 Å². The molecule has 19 heavy (non-hydrogen) atoms. The number of hydrogen-bond acceptors (Lipinski definition) is 3. The molecule has 0 spiro atoms. The van der Waals surface area contributed by atoms with Crippen LogP contribution in [-0.2, 0) is 4.74 Å². The maximum absolute atomic E-state index is 12.1. The number of ether oxygens (including phenoxy) is 1. The topological polar surface area (TPSA) is 55.6 Å². The molecule has 1 heterocycles. The van der Waals surface area contributed by atoms with Crippen LogP contribution < -0.4 is 5.73 Å². The predicted molar refractivity (Wildman–Crippen MR) is 75.9 cm³/mol. The average molecular weight is 268 g/mol. The number of carbonyl (C=O) groups excluding carboxylic acids is 1. The van der Waals surface area contributed by atoms with Crippen LogP contribution in [0.1, 0.15) is 59.3 Å². The summed E-state index contributed by atoms with van der Waals surface area (Å²) in [4.78, 5) is 13.9. The van der Waals surface area contributed by atoms with Crippen LogP contribution in [0.3, 0.4) is 0 Å². The minimum Gasteiger partial charge on any atom is -0.444 e. The first-order valence-electron chi connectivity index (χ1n) is 7.57. The molecule has 1 saturated heterocycles. The molecule has 4 nitrogen and oxygen atoms in total. The second-order valence-electron chi connectivity index (χ2n) is 7.21. The number of nitrogens with two attached hydrogens (primary N) is 1. The summed E-state index contributed by atoms with van der Waals surface area (Å²) in [6, 6.07) is 0. The Labute approximate surface area is 116 Å². The fraction of sp³-hybridized carbons (Fsp3) is 0.933. The molecule has 1 saturated carbocycles. The maximum Gasteiger partial charge on any atom is 0.410 e. The Kier molecular flexibility index (Phi) is 4.09. The molecule has 0 aromatic heterocycles. The van der Waals surface area contributed by atoms with Crippen molar-refractivity contribution in [3.8, 4) is 0 Å². The van der Waals surface area contributed by atoms with E-state index in [0.29, 0.717) is 5.92 Å². The van der Waals surface area contributed by atoms with Gasteiger partial charge in [-0.25, -0.2) is 4.79 Å². The minimum absolute atomic E-state index is 0.0466. The monoisotopic (exact) mass is 268 g/mol. The molecular weight excluding hydrogens is 240 g/mol. The van der Waals surface area contributed by atoms with Gasteiger partial charge in [0.2, 0.25) is 0 Å². The van der Waals surface area contributed by atoms with Crippen LogP contribution in [-0.4, -0.2) is 35.2 Å². The van der Waals surface area contributed by atoms with E-state index in [1.807, 2.05) is 25.7 Å². The molecule has 0 radical (unpaired) electrons. The van der Waals surface area contributed by atoms with Crippen molar-refractivity contribution >= 4 is 6.09 Å². The molecule has 2 N–H and O–H groups in total. The summed E-state index contributed by atoms with van der Waals surface area (Å²) in [5, 5.41) is 0. The Morgan fingerprint density at radius 1 is 1.26 bits per heavy atom. The van der Waals surface area contributed by atoms with E-state index >= 15 is 0 Å². The molecule has 1 aliphatic heterocycles. The van der Waals surface area contributed by atoms with Crippen molar-refractivity contribution in [1.29, 1.82) is 0 Å². The Morgan fingerprint density at radius 3 is 2.47 bits per heavy atom. The number of likely N-dealkylation sites (tertiary alicyclic amines) is 1. The molecule has 2 rings (SSSR count). The highest BCUT2D eigenvalue weighted by atomic mass is 16.6. The SMILES string of the molecule is CC(C)(C)OC(=O)N1CCC(C2(N)CCCCC2)C1. The van der Waals surface area contributed by atoms with Crippen LogP contribution >= 0.6 is 0 Å². The first-order valence-corrected chi connectivity index (χ1v) is 7.57. The van der Waals surface area contributed by atoms with Gasteiger partial charge in [-0.3, -0.25) is 0 Å². The normalized spacial score (nSPS) is 27.4. The van der Waals surface area contributed by atoms with Gasteiger partial charge in [-0.05, 0) is 46.0 Å². The van der Waals surface area contributed by atoms with Crippen molar-refractivity contribution in [3.63, 3.8) is 0 Å². The molecule has 0 aromatic rings. The third-order valence-electron chi connectivity index (χ3n) is 4.44. The van der Waals surface area contributed by atoms with Gasteiger partial charge in [-0.2, -0.15) is 0 Å². The van der Waals surface area contributed by atoms with Gasteiger partial charge in [-0.15, -0.1) is 0 Å². The summed E-state index contributed by atoms with van der Waals surface area (Å²) < 4.78 is 5.44. The highest BCUT2D eigenvalue weighted by molar-refractivity contribution is 5.68. The van der Waals surface area contributed by atoms with Crippen molar-refractivity contribution in [3.05, 3.63) is 0 Å². The van der Waals surface area contributed by atoms with Crippen molar-refractivity contribution in [1.82, 2.24) is 4.90 Å². The molecule has 4 heteroatoms. The van der Waals surface area contributed by atoms with E-state index in [-0.39, 0.29) is 11.6 Å². The van der Waals surface area contributed by atoms with Gasteiger partial charge < -0.3 is 15.4 Å². The van der Waals surface area contributed by atoms with Crippen LogP contribution in [0.2, 0.25) is 0 Å². The van der Waals surface area contributed by atoms with Gasteiger partial charge in [-0.1, -0.05) is 19.3 Å². The Bertz CT molecular complexity index is 330. The average Bonchev–Trinajstić information content (AvgIpc) is 2.77. The van der Waals surface area contributed by atoms with Crippen molar-refractivity contribution in [2.45, 2.75) is 70.4 Å². The lowest BCUT2D eigenvalue weighted by Crippen LogP contribution is -2.50. The summed E-state index contributed by atoms with van der Waals surface area (Å²) in [7, 11) is 0. The van der Waals surface area contributed by atoms with E-state index < -0.39 is 5.60 Å². The Balaban J connectivity index is 1.90. The molecule has 0 bridgehead atoms. The fourth-order valence-electron chi connectivity index (χ4n) is 3.34. The molecule has 1 unspecified atom stereocenters. The third-order valence-corrected chi connectivity index (χ3v) is 4.44. The second-order valence-corrected chi connectivity index (χ2v) is 7.21. The number of rotatable bonds is 1. The third kappa shape index (κ3) is 3.62. The zero-order chi connectivity index (χ0) is 14.1. The van der Waals surface area contributed by atoms with E-state index in [9.17, 15) is 4.79 Å². The number of carbonyl (C=O) groups is 1. The second kappa shape index (κ2) is 5.31. The largest absolute Gasteiger partial charge is 0.444 e. The molecule has 1 amide bonds. The zero-order valence-electron chi connectivity index (χ0n) is 12.6. The molecule has 1 aliphatic carbocycles. The van der Waals surface area contributed by atoms with Gasteiger partial charge in [0, 0.05) is 18.6 Å². The fourth-order valence-corrected chi connectivity index (χ4v) is 3.34. The van der Waals surface area contributed by atoms with E-state index in [2.05, 4.69) is 0 Å². The van der Waals surface area contributed by atoms with Crippen LogP contribution in [0.5, 0.6) is 0 Å². The Hall–Kier alpha value is -0.770. The lowest BCUT2D eigenvalue weighted by atomic mass is 9.73. The molecule has 110 valence electrons. The summed E-state index contributed by atoms with van der Waals surface area (Å²) >= 11 is 0. The summed E-state index contributed by atoms with van der Waals surface area (Å²) in [5.41, 5.74) is 6.11. The van der Waals surface area contributed by atoms with E-state index in [0.717, 1.165) is 32.4 Å². The van der Waals surface area contributed by atoms with Crippen LogP contribution in [0.4, 0.5) is 4.79 Å². The van der Waals surface area contributed by atoms with Crippen molar-refractivity contribution < 1.29 is 9.53 Å². The minimum atomic E-state index is -0.416. The van der Waals surface area contributed by atoms with Gasteiger partial charge in [0.1, 0.15) is 5.60 Å². The smallest absolute Gasteiger partial charge is 0.410 e. The van der Waals surface area contributed by atoms with E-state index in [4.69, 9.17) is 10.5 Å². The molecule has 0 aromatic carbocycles. The predicted octanol–water partition coefficient (Wildman–Crippen LogP) is 2.91. The Morgan fingerprint density at radius 2 is 1.89 bits per heavy atom. The first kappa shape index (κ1) is 14.6. The van der Waals surface area contributed by atoms with E-state index in [1.165, 1.54) is 19.3 Å². The number of amides is 1. The molecule has 1 atom stereocenters. The molecule has 2 fully saturated rings. The standard InChI is InChI=1S/C15H28N2O2/c1-14(2,3)19-13(18)17-10-7-12(11-17)15(16)8-5-4-6-9-15/h12H,4-11,16H2,1-3H3. The lowest BCUT2D eigenvalue weighted by Gasteiger charge is -2.38. The maximum atomic E-state index is 12.1. The van der Waals surface area contributed by atoms with Crippen LogP contribution in [0.15, 0.2) is 0 Å². The summed E-state index contributed by atoms with van der Waals surface area (Å²) in [6.07, 6.45) is 6.84. The zero-order valence-corrected chi connectivity index (χ0v) is 12.6.